The molecule has 0 aromatic rings. The minimum absolute atomic E-state index is 0.307. The summed E-state index contributed by atoms with van der Waals surface area (Å²) in [5.74, 6) is 1.13. The SMILES string of the molecule is CC.CCCCC(C)=O.CCOCCC=O.CNCC1CCC(NC=O)CC1. The van der Waals surface area contributed by atoms with Crippen LogP contribution in [0.4, 0.5) is 0 Å². The van der Waals surface area contributed by atoms with E-state index < -0.39 is 0 Å². The number of nitrogens with one attached hydrogen (secondary N) is 2. The van der Waals surface area contributed by atoms with Crippen molar-refractivity contribution in [3.8, 4) is 0 Å². The van der Waals surface area contributed by atoms with Crippen LogP contribution in [0, 0.1) is 5.92 Å². The van der Waals surface area contributed by atoms with Gasteiger partial charge in [-0.2, -0.15) is 0 Å². The van der Waals surface area contributed by atoms with Crippen LogP contribution in [0.5, 0.6) is 0 Å². The second-order valence-electron chi connectivity index (χ2n) is 6.52. The third kappa shape index (κ3) is 27.0. The van der Waals surface area contributed by atoms with E-state index in [2.05, 4.69) is 17.6 Å². The Kier molecular flexibility index (Phi) is 31.4. The topological polar surface area (TPSA) is 84.5 Å². The Morgan fingerprint density at radius 3 is 2.07 bits per heavy atom. The van der Waals surface area contributed by atoms with E-state index in [1.54, 1.807) is 6.92 Å². The molecule has 168 valence electrons. The van der Waals surface area contributed by atoms with Gasteiger partial charge in [-0.25, -0.2) is 0 Å². The number of ketones is 1. The van der Waals surface area contributed by atoms with Gasteiger partial charge in [0.05, 0.1) is 6.61 Å². The first-order chi connectivity index (χ1) is 13.5. The van der Waals surface area contributed by atoms with Gasteiger partial charge in [-0.15, -0.1) is 0 Å². The van der Waals surface area contributed by atoms with Crippen molar-refractivity contribution < 1.29 is 19.1 Å². The molecule has 0 radical (unpaired) electrons. The van der Waals surface area contributed by atoms with Crippen molar-refractivity contribution in [1.29, 1.82) is 0 Å². The van der Waals surface area contributed by atoms with Crippen LogP contribution < -0.4 is 10.6 Å². The fraction of sp³-hybridized carbons (Fsp3) is 0.864. The summed E-state index contributed by atoms with van der Waals surface area (Å²) in [6.07, 6.45) is 9.91. The van der Waals surface area contributed by atoms with Crippen LogP contribution in [0.1, 0.15) is 86.0 Å². The van der Waals surface area contributed by atoms with Gasteiger partial charge in [0.1, 0.15) is 12.1 Å². The summed E-state index contributed by atoms with van der Waals surface area (Å²) in [5, 5.41) is 6.04. The van der Waals surface area contributed by atoms with Crippen molar-refractivity contribution >= 4 is 18.5 Å². The Morgan fingerprint density at radius 1 is 1.11 bits per heavy atom. The first-order valence-electron chi connectivity index (χ1n) is 10.9. The number of ether oxygens (including phenoxy) is 1. The maximum absolute atomic E-state index is 10.2. The van der Waals surface area contributed by atoms with E-state index in [0.29, 0.717) is 31.5 Å². The molecule has 28 heavy (non-hydrogen) atoms. The van der Waals surface area contributed by atoms with Crippen LogP contribution in [-0.2, 0) is 19.1 Å². The van der Waals surface area contributed by atoms with Crippen LogP contribution >= 0.6 is 0 Å². The van der Waals surface area contributed by atoms with Crippen molar-refractivity contribution in [1.82, 2.24) is 10.6 Å². The van der Waals surface area contributed by atoms with Crippen LogP contribution in [0.15, 0.2) is 0 Å². The Morgan fingerprint density at radius 2 is 1.71 bits per heavy atom. The number of carbonyl (C=O) groups is 3. The monoisotopic (exact) mass is 402 g/mol. The van der Waals surface area contributed by atoms with Crippen molar-refractivity contribution in [2.75, 3.05) is 26.8 Å². The van der Waals surface area contributed by atoms with E-state index >= 15 is 0 Å². The molecular formula is C22H46N2O4. The molecule has 0 saturated heterocycles. The van der Waals surface area contributed by atoms with Gasteiger partial charge in [0.25, 0.3) is 0 Å². The van der Waals surface area contributed by atoms with Crippen molar-refractivity contribution in [3.05, 3.63) is 0 Å². The van der Waals surface area contributed by atoms with Crippen molar-refractivity contribution in [2.24, 2.45) is 5.92 Å². The second kappa shape index (κ2) is 27.9. The molecular weight excluding hydrogens is 356 g/mol. The molecule has 6 heteroatoms. The molecule has 6 nitrogen and oxygen atoms in total. The lowest BCUT2D eigenvalue weighted by molar-refractivity contribution is -0.117. The van der Waals surface area contributed by atoms with E-state index in [4.69, 9.17) is 4.74 Å². The molecule has 0 bridgehead atoms. The largest absolute Gasteiger partial charge is 0.381 e. The summed E-state index contributed by atoms with van der Waals surface area (Å²) >= 11 is 0. The van der Waals surface area contributed by atoms with E-state index in [-0.39, 0.29) is 0 Å². The molecule has 2 N–H and O–H groups in total. The fourth-order valence-electron chi connectivity index (χ4n) is 2.62. The minimum Gasteiger partial charge on any atom is -0.381 e. The predicted octanol–water partition coefficient (Wildman–Crippen LogP) is 3.91. The van der Waals surface area contributed by atoms with Crippen molar-refractivity contribution in [3.63, 3.8) is 0 Å². The Labute approximate surface area is 173 Å². The van der Waals surface area contributed by atoms with E-state index in [9.17, 15) is 14.4 Å². The normalized spacial score (nSPS) is 17.4. The number of hydrogen-bond donors (Lipinski definition) is 2. The zero-order valence-corrected chi connectivity index (χ0v) is 19.2. The van der Waals surface area contributed by atoms with Crippen LogP contribution in [0.2, 0.25) is 0 Å². The molecule has 0 atom stereocenters. The van der Waals surface area contributed by atoms with Gasteiger partial charge in [-0.1, -0.05) is 27.2 Å². The third-order valence-corrected chi connectivity index (χ3v) is 4.11. The summed E-state index contributed by atoms with van der Waals surface area (Å²) < 4.78 is 4.84. The van der Waals surface area contributed by atoms with Crippen LogP contribution in [0.3, 0.4) is 0 Å². The van der Waals surface area contributed by atoms with Gasteiger partial charge in [-0.3, -0.25) is 4.79 Å². The Balaban J connectivity index is -0.000000340. The van der Waals surface area contributed by atoms with Gasteiger partial charge in [0.15, 0.2) is 0 Å². The highest BCUT2D eigenvalue weighted by Gasteiger charge is 2.19. The average molecular weight is 403 g/mol. The summed E-state index contributed by atoms with van der Waals surface area (Å²) in [6.45, 7) is 12.0. The second-order valence-corrected chi connectivity index (χ2v) is 6.52. The molecule has 0 aromatic carbocycles. The molecule has 0 aromatic heterocycles. The molecule has 1 saturated carbocycles. The number of amides is 1. The Bertz CT molecular complexity index is 330. The molecule has 1 amide bonds. The number of aldehydes is 1. The molecule has 1 aliphatic carbocycles. The fourth-order valence-corrected chi connectivity index (χ4v) is 2.62. The first kappa shape index (κ1) is 31.4. The molecule has 0 unspecified atom stereocenters. The molecule has 0 aliphatic heterocycles. The van der Waals surface area contributed by atoms with Crippen molar-refractivity contribution in [2.45, 2.75) is 92.0 Å². The van der Waals surface area contributed by atoms with Gasteiger partial charge >= 0.3 is 0 Å². The predicted molar refractivity (Wildman–Crippen MR) is 118 cm³/mol. The summed E-state index contributed by atoms with van der Waals surface area (Å²) in [4.78, 5) is 30.0. The lowest BCUT2D eigenvalue weighted by Crippen LogP contribution is -2.34. The third-order valence-electron chi connectivity index (χ3n) is 4.11. The lowest BCUT2D eigenvalue weighted by Gasteiger charge is -2.27. The van der Waals surface area contributed by atoms with Gasteiger partial charge < -0.3 is 25.0 Å². The Hall–Kier alpha value is -1.27. The number of carbonyl (C=O) groups excluding carboxylic acids is 3. The first-order valence-corrected chi connectivity index (χ1v) is 10.9. The van der Waals surface area contributed by atoms with Crippen LogP contribution in [-0.4, -0.2) is 51.3 Å². The van der Waals surface area contributed by atoms with E-state index in [1.165, 1.54) is 12.8 Å². The minimum atomic E-state index is 0.307. The lowest BCUT2D eigenvalue weighted by atomic mass is 9.86. The molecule has 1 fully saturated rings. The highest BCUT2D eigenvalue weighted by molar-refractivity contribution is 5.75. The van der Waals surface area contributed by atoms with E-state index in [0.717, 1.165) is 57.3 Å². The quantitative estimate of drug-likeness (QED) is 0.404. The van der Waals surface area contributed by atoms with Gasteiger partial charge in [0, 0.05) is 25.5 Å². The highest BCUT2D eigenvalue weighted by atomic mass is 16.5. The average Bonchev–Trinajstić information content (AvgIpc) is 2.71. The highest BCUT2D eigenvalue weighted by Crippen LogP contribution is 2.23. The summed E-state index contributed by atoms with van der Waals surface area (Å²) in [7, 11) is 2.00. The number of hydrogen-bond acceptors (Lipinski definition) is 5. The van der Waals surface area contributed by atoms with Gasteiger partial charge in [0.2, 0.25) is 6.41 Å². The standard InChI is InChI=1S/C9H18N2O.C6H12O.C5H10O2.C2H6/c1-10-6-8-2-4-9(5-3-8)11-7-12;1-3-4-5-6(2)7;1-2-7-5-3-4-6;1-2/h7-10H,2-6H2,1H3,(H,11,12);3-5H2,1-2H3;4H,2-3,5H2,1H3;1-2H3. The maximum atomic E-state index is 10.2. The number of Topliss-reactive ketones (excluding diaryl/α,β-unsaturated/α-hetero) is 1. The summed E-state index contributed by atoms with van der Waals surface area (Å²) in [6, 6.07) is 0.440. The summed E-state index contributed by atoms with van der Waals surface area (Å²) in [5.41, 5.74) is 0. The molecule has 1 aliphatic rings. The smallest absolute Gasteiger partial charge is 0.207 e. The number of unbranched alkanes of at least 4 members (excludes halogenated alkanes) is 1. The molecule has 0 heterocycles. The van der Waals surface area contributed by atoms with Crippen LogP contribution in [0.25, 0.3) is 0 Å². The van der Waals surface area contributed by atoms with E-state index in [1.807, 2.05) is 27.8 Å². The zero-order valence-electron chi connectivity index (χ0n) is 19.2. The molecule has 1 rings (SSSR count). The molecule has 0 spiro atoms. The number of rotatable bonds is 11. The maximum Gasteiger partial charge on any atom is 0.207 e. The zero-order chi connectivity index (χ0) is 22.0. The van der Waals surface area contributed by atoms with Gasteiger partial charge in [-0.05, 0) is 65.5 Å².